The number of aromatic nitrogens is 1. The second-order valence-electron chi connectivity index (χ2n) is 7.20. The standard InChI is InChI=1S/C23H31N3S/c1-5-17-11-13-23(6-2,14-12-17)16-19(24)22-25-20-10-9-18(15-21(20)27-22)26(7-3)8-4/h9-13,15-16H,5-8,14,24H2,1-4H3. The summed E-state index contributed by atoms with van der Waals surface area (Å²) in [6.45, 7) is 10.8. The predicted molar refractivity (Wildman–Crippen MR) is 120 cm³/mol. The lowest BCUT2D eigenvalue weighted by Gasteiger charge is -2.28. The summed E-state index contributed by atoms with van der Waals surface area (Å²) in [5, 5.41) is 0.924. The number of allylic oxidation sites excluding steroid dienone is 5. The largest absolute Gasteiger partial charge is 0.397 e. The molecule has 0 radical (unpaired) electrons. The smallest absolute Gasteiger partial charge is 0.140 e. The zero-order valence-electron chi connectivity index (χ0n) is 17.0. The van der Waals surface area contributed by atoms with Crippen LogP contribution in [0.4, 0.5) is 5.69 Å². The normalized spacial score (nSPS) is 20.1. The summed E-state index contributed by atoms with van der Waals surface area (Å²) in [6.07, 6.45) is 12.3. The number of hydrogen-bond donors (Lipinski definition) is 1. The van der Waals surface area contributed by atoms with Crippen LogP contribution in [0.3, 0.4) is 0 Å². The van der Waals surface area contributed by atoms with Gasteiger partial charge in [0.25, 0.3) is 0 Å². The van der Waals surface area contributed by atoms with Crippen LogP contribution in [0.15, 0.2) is 48.1 Å². The summed E-state index contributed by atoms with van der Waals surface area (Å²) in [7, 11) is 0. The molecule has 1 aliphatic rings. The highest BCUT2D eigenvalue weighted by Crippen LogP contribution is 2.38. The second-order valence-corrected chi connectivity index (χ2v) is 8.23. The molecule has 0 amide bonds. The fourth-order valence-corrected chi connectivity index (χ4v) is 4.58. The zero-order valence-corrected chi connectivity index (χ0v) is 17.8. The van der Waals surface area contributed by atoms with E-state index in [-0.39, 0.29) is 5.41 Å². The highest BCUT2D eigenvalue weighted by Gasteiger charge is 2.25. The molecule has 1 atom stereocenters. The topological polar surface area (TPSA) is 42.1 Å². The molecular weight excluding hydrogens is 350 g/mol. The van der Waals surface area contributed by atoms with Crippen molar-refractivity contribution in [3.8, 4) is 0 Å². The van der Waals surface area contributed by atoms with Crippen molar-refractivity contribution in [1.29, 1.82) is 0 Å². The van der Waals surface area contributed by atoms with E-state index >= 15 is 0 Å². The molecule has 1 heterocycles. The van der Waals surface area contributed by atoms with Crippen LogP contribution in [0.5, 0.6) is 0 Å². The van der Waals surface area contributed by atoms with Crippen molar-refractivity contribution in [3.05, 3.63) is 53.1 Å². The lowest BCUT2D eigenvalue weighted by molar-refractivity contribution is 0.474. The molecule has 2 N–H and O–H groups in total. The van der Waals surface area contributed by atoms with Crippen molar-refractivity contribution in [2.24, 2.45) is 11.1 Å². The van der Waals surface area contributed by atoms with Gasteiger partial charge in [-0.1, -0.05) is 37.6 Å². The summed E-state index contributed by atoms with van der Waals surface area (Å²) in [5.41, 5.74) is 11.0. The van der Waals surface area contributed by atoms with E-state index in [1.54, 1.807) is 11.3 Å². The minimum Gasteiger partial charge on any atom is -0.397 e. The summed E-state index contributed by atoms with van der Waals surface area (Å²) in [5.74, 6) is 0. The summed E-state index contributed by atoms with van der Waals surface area (Å²) in [4.78, 5) is 7.15. The van der Waals surface area contributed by atoms with Crippen molar-refractivity contribution in [3.63, 3.8) is 0 Å². The summed E-state index contributed by atoms with van der Waals surface area (Å²) in [6, 6.07) is 6.51. The van der Waals surface area contributed by atoms with Gasteiger partial charge >= 0.3 is 0 Å². The van der Waals surface area contributed by atoms with E-state index in [0.29, 0.717) is 0 Å². The van der Waals surface area contributed by atoms with Gasteiger partial charge in [-0.2, -0.15) is 0 Å². The van der Waals surface area contributed by atoms with Crippen LogP contribution in [0, 0.1) is 5.41 Å². The molecule has 0 saturated carbocycles. The van der Waals surface area contributed by atoms with E-state index in [1.807, 2.05) is 0 Å². The Labute approximate surface area is 167 Å². The lowest BCUT2D eigenvalue weighted by atomic mass is 9.77. The van der Waals surface area contributed by atoms with Crippen molar-refractivity contribution in [2.75, 3.05) is 18.0 Å². The Morgan fingerprint density at radius 2 is 2.04 bits per heavy atom. The van der Waals surface area contributed by atoms with Gasteiger partial charge in [0.05, 0.1) is 15.9 Å². The molecule has 1 aromatic carbocycles. The Balaban J connectivity index is 1.91. The van der Waals surface area contributed by atoms with Crippen LogP contribution in [0.25, 0.3) is 15.9 Å². The average molecular weight is 382 g/mol. The number of benzene rings is 1. The molecule has 0 fully saturated rings. The Kier molecular flexibility index (Phi) is 6.05. The van der Waals surface area contributed by atoms with Gasteiger partial charge in [-0.25, -0.2) is 4.98 Å². The molecule has 0 spiro atoms. The molecule has 3 rings (SSSR count). The number of rotatable bonds is 7. The minimum absolute atomic E-state index is 0.00693. The molecule has 27 heavy (non-hydrogen) atoms. The van der Waals surface area contributed by atoms with Crippen LogP contribution in [-0.2, 0) is 0 Å². The van der Waals surface area contributed by atoms with Gasteiger partial charge in [0, 0.05) is 24.2 Å². The number of nitrogens with two attached hydrogens (primary N) is 1. The summed E-state index contributed by atoms with van der Waals surface area (Å²) >= 11 is 1.69. The Hall–Kier alpha value is -2.07. The SMILES string of the molecule is CCC1=CCC(C=C(N)c2nc3ccc(N(CC)CC)cc3s2)(CC)C=C1. The first-order valence-electron chi connectivity index (χ1n) is 10.1. The van der Waals surface area contributed by atoms with E-state index in [2.05, 4.69) is 75.1 Å². The van der Waals surface area contributed by atoms with Gasteiger partial charge in [-0.3, -0.25) is 0 Å². The van der Waals surface area contributed by atoms with Gasteiger partial charge in [0.2, 0.25) is 0 Å². The van der Waals surface area contributed by atoms with Gasteiger partial charge in [-0.05, 0) is 57.4 Å². The van der Waals surface area contributed by atoms with E-state index in [9.17, 15) is 0 Å². The molecule has 4 heteroatoms. The minimum atomic E-state index is 0.00693. The first-order valence-corrected chi connectivity index (χ1v) is 10.9. The highest BCUT2D eigenvalue weighted by molar-refractivity contribution is 7.19. The molecule has 1 aliphatic carbocycles. The van der Waals surface area contributed by atoms with Crippen LogP contribution < -0.4 is 10.6 Å². The maximum absolute atomic E-state index is 6.51. The molecule has 2 aromatic rings. The van der Waals surface area contributed by atoms with Gasteiger partial charge in [0.1, 0.15) is 5.01 Å². The van der Waals surface area contributed by atoms with Crippen molar-refractivity contribution in [2.45, 2.75) is 47.0 Å². The number of fused-ring (bicyclic) bond motifs is 1. The monoisotopic (exact) mass is 381 g/mol. The lowest BCUT2D eigenvalue weighted by Crippen LogP contribution is -2.21. The van der Waals surface area contributed by atoms with E-state index in [1.165, 1.54) is 16.0 Å². The number of thiazole rings is 1. The predicted octanol–water partition coefficient (Wildman–Crippen LogP) is 6.13. The first kappa shape index (κ1) is 19.7. The van der Waals surface area contributed by atoms with E-state index < -0.39 is 0 Å². The third kappa shape index (κ3) is 4.11. The Morgan fingerprint density at radius 3 is 2.63 bits per heavy atom. The quantitative estimate of drug-likeness (QED) is 0.627. The molecule has 3 nitrogen and oxygen atoms in total. The van der Waals surface area contributed by atoms with Crippen LogP contribution in [0.1, 0.15) is 52.0 Å². The molecule has 0 saturated heterocycles. The van der Waals surface area contributed by atoms with Gasteiger partial charge in [0.15, 0.2) is 0 Å². The Morgan fingerprint density at radius 1 is 1.26 bits per heavy atom. The zero-order chi connectivity index (χ0) is 19.4. The third-order valence-electron chi connectivity index (χ3n) is 5.63. The molecule has 0 aliphatic heterocycles. The number of nitrogens with zero attached hydrogens (tertiary/aromatic N) is 2. The van der Waals surface area contributed by atoms with Crippen LogP contribution in [0.2, 0.25) is 0 Å². The molecule has 1 aromatic heterocycles. The fraction of sp³-hybridized carbons (Fsp3) is 0.435. The maximum Gasteiger partial charge on any atom is 0.140 e. The van der Waals surface area contributed by atoms with Gasteiger partial charge < -0.3 is 10.6 Å². The molecule has 0 bridgehead atoms. The number of anilines is 1. The number of hydrogen-bond acceptors (Lipinski definition) is 4. The van der Waals surface area contributed by atoms with E-state index in [0.717, 1.165) is 48.6 Å². The first-order chi connectivity index (χ1) is 13.0. The van der Waals surface area contributed by atoms with Crippen molar-refractivity contribution >= 4 is 32.9 Å². The molecule has 1 unspecified atom stereocenters. The van der Waals surface area contributed by atoms with Crippen molar-refractivity contribution in [1.82, 2.24) is 4.98 Å². The van der Waals surface area contributed by atoms with Crippen LogP contribution >= 0.6 is 11.3 Å². The molecule has 144 valence electrons. The average Bonchev–Trinajstić information content (AvgIpc) is 3.13. The third-order valence-corrected chi connectivity index (χ3v) is 6.70. The van der Waals surface area contributed by atoms with E-state index in [4.69, 9.17) is 10.7 Å². The molecular formula is C23H31N3S. The highest BCUT2D eigenvalue weighted by atomic mass is 32.1. The van der Waals surface area contributed by atoms with Crippen LogP contribution in [-0.4, -0.2) is 18.1 Å². The second kappa shape index (κ2) is 8.30. The van der Waals surface area contributed by atoms with Gasteiger partial charge in [-0.15, -0.1) is 11.3 Å². The fourth-order valence-electron chi connectivity index (χ4n) is 3.66. The Bertz CT molecular complexity index is 886. The maximum atomic E-state index is 6.51. The van der Waals surface area contributed by atoms with Crippen molar-refractivity contribution < 1.29 is 0 Å². The summed E-state index contributed by atoms with van der Waals surface area (Å²) < 4.78 is 1.20.